The van der Waals surface area contributed by atoms with Crippen LogP contribution in [-0.4, -0.2) is 28.2 Å². The molecule has 0 atom stereocenters. The average Bonchev–Trinajstić information content (AvgIpc) is 2.09. The van der Waals surface area contributed by atoms with E-state index < -0.39 is 33.7 Å². The Bertz CT molecular complexity index is 364. The van der Waals surface area contributed by atoms with Gasteiger partial charge in [-0.1, -0.05) is 36.7 Å². The van der Waals surface area contributed by atoms with Gasteiger partial charge in [0.2, 0.25) is 0 Å². The van der Waals surface area contributed by atoms with Gasteiger partial charge in [-0.15, -0.1) is 0 Å². The molecule has 20 heavy (non-hydrogen) atoms. The van der Waals surface area contributed by atoms with E-state index in [0.29, 0.717) is 0 Å². The molecule has 0 saturated carbocycles. The monoisotopic (exact) mass is 372 g/mol. The molecule has 0 aliphatic heterocycles. The molecule has 0 fully saturated rings. The number of halogens is 7. The second-order valence-corrected chi connectivity index (χ2v) is 6.99. The van der Waals surface area contributed by atoms with Gasteiger partial charge < -0.3 is 4.74 Å². The Morgan fingerprint density at radius 3 is 1.35 bits per heavy atom. The summed E-state index contributed by atoms with van der Waals surface area (Å²) in [6.07, 6.45) is -11.8. The first kappa shape index (κ1) is 19.5. The number of rotatable bonds is 2. The Kier molecular flexibility index (Phi) is 4.95. The van der Waals surface area contributed by atoms with Crippen LogP contribution in [0.1, 0.15) is 34.6 Å². The van der Waals surface area contributed by atoms with Crippen LogP contribution in [0.4, 0.5) is 26.3 Å². The van der Waals surface area contributed by atoms with Gasteiger partial charge in [-0.05, 0) is 13.8 Å². The number of hydrogen-bond donors (Lipinski definition) is 0. The summed E-state index contributed by atoms with van der Waals surface area (Å²) in [6.45, 7) is 7.06. The molecule has 0 heterocycles. The first-order valence-corrected chi connectivity index (χ1v) is 6.23. The minimum absolute atomic E-state index is 0.853. The number of esters is 1. The molecular formula is C11H15BrF6O2. The van der Waals surface area contributed by atoms with Gasteiger partial charge >= 0.3 is 22.6 Å². The molecule has 0 aliphatic carbocycles. The van der Waals surface area contributed by atoms with Crippen molar-refractivity contribution in [1.82, 2.24) is 0 Å². The fourth-order valence-electron chi connectivity index (χ4n) is 0.847. The van der Waals surface area contributed by atoms with Crippen LogP contribution in [0.2, 0.25) is 0 Å². The van der Waals surface area contributed by atoms with Crippen molar-refractivity contribution in [1.29, 1.82) is 0 Å². The first-order valence-electron chi connectivity index (χ1n) is 5.44. The lowest BCUT2D eigenvalue weighted by Gasteiger charge is -2.40. The van der Waals surface area contributed by atoms with Crippen LogP contribution < -0.4 is 0 Å². The van der Waals surface area contributed by atoms with Gasteiger partial charge in [-0.2, -0.15) is 26.3 Å². The molecule has 120 valence electrons. The predicted octanol–water partition coefficient (Wildman–Crippen LogP) is 4.61. The van der Waals surface area contributed by atoms with Crippen LogP contribution in [0.5, 0.6) is 0 Å². The Balaban J connectivity index is 5.65. The van der Waals surface area contributed by atoms with Crippen molar-refractivity contribution in [3.05, 3.63) is 0 Å². The predicted molar refractivity (Wildman–Crippen MR) is 63.4 cm³/mol. The molecule has 0 spiro atoms. The Hall–Kier alpha value is -0.470. The molecule has 0 saturated heterocycles. The van der Waals surface area contributed by atoms with E-state index in [1.807, 2.05) is 0 Å². The van der Waals surface area contributed by atoms with E-state index in [9.17, 15) is 31.1 Å². The lowest BCUT2D eigenvalue weighted by atomic mass is 9.79. The Morgan fingerprint density at radius 1 is 0.850 bits per heavy atom. The van der Waals surface area contributed by atoms with Crippen LogP contribution in [-0.2, 0) is 9.53 Å². The minimum atomic E-state index is -5.88. The molecular weight excluding hydrogens is 358 g/mol. The van der Waals surface area contributed by atoms with Crippen molar-refractivity contribution in [2.75, 3.05) is 0 Å². The zero-order chi connectivity index (χ0) is 16.8. The van der Waals surface area contributed by atoms with Gasteiger partial charge in [0, 0.05) is 5.41 Å². The molecule has 0 unspecified atom stereocenters. The second kappa shape index (κ2) is 5.06. The summed E-state index contributed by atoms with van der Waals surface area (Å²) in [6, 6.07) is 0. The molecule has 0 aromatic carbocycles. The van der Waals surface area contributed by atoms with E-state index in [4.69, 9.17) is 0 Å². The third-order valence-electron chi connectivity index (χ3n) is 3.22. The van der Waals surface area contributed by atoms with E-state index in [1.165, 1.54) is 50.5 Å². The zero-order valence-corrected chi connectivity index (χ0v) is 13.0. The van der Waals surface area contributed by atoms with E-state index in [1.54, 1.807) is 0 Å². The lowest BCUT2D eigenvalue weighted by Crippen LogP contribution is -2.60. The highest BCUT2D eigenvalue weighted by molar-refractivity contribution is 9.10. The normalized spacial score (nSPS) is 15.2. The van der Waals surface area contributed by atoms with Crippen molar-refractivity contribution in [2.24, 2.45) is 5.41 Å². The average molecular weight is 373 g/mol. The van der Waals surface area contributed by atoms with E-state index in [2.05, 4.69) is 4.74 Å². The van der Waals surface area contributed by atoms with Crippen LogP contribution >= 0.6 is 15.9 Å². The molecule has 0 aliphatic rings. The summed E-state index contributed by atoms with van der Waals surface area (Å²) in [7, 11) is 0. The highest BCUT2D eigenvalue weighted by Crippen LogP contribution is 2.51. The summed E-state index contributed by atoms with van der Waals surface area (Å²) in [4.78, 5) is 11.5. The molecule has 0 bridgehead atoms. The van der Waals surface area contributed by atoms with Gasteiger partial charge in [0.15, 0.2) is 0 Å². The lowest BCUT2D eigenvalue weighted by molar-refractivity contribution is -0.268. The summed E-state index contributed by atoms with van der Waals surface area (Å²) in [5.74, 6) is -2.43. The summed E-state index contributed by atoms with van der Waals surface area (Å²) < 4.78 is 75.7. The molecule has 0 N–H and O–H groups in total. The van der Waals surface area contributed by atoms with Gasteiger partial charge in [0.1, 0.15) is 5.60 Å². The zero-order valence-electron chi connectivity index (χ0n) is 11.5. The number of carbonyl (C=O) groups excluding carboxylic acids is 1. The van der Waals surface area contributed by atoms with Crippen molar-refractivity contribution in [2.45, 2.75) is 56.9 Å². The maximum atomic E-state index is 12.7. The molecule has 0 aromatic heterocycles. The number of carbonyl (C=O) groups is 1. The van der Waals surface area contributed by atoms with E-state index in [-0.39, 0.29) is 0 Å². The highest BCUT2D eigenvalue weighted by atomic mass is 79.9. The molecule has 9 heteroatoms. The third-order valence-corrected chi connectivity index (χ3v) is 4.44. The summed E-state index contributed by atoms with van der Waals surface area (Å²) in [5, 5.41) is 0. The van der Waals surface area contributed by atoms with Gasteiger partial charge in [0.25, 0.3) is 0 Å². The molecule has 0 aromatic rings. The van der Waals surface area contributed by atoms with Gasteiger partial charge in [-0.3, -0.25) is 0 Å². The number of hydrogen-bond acceptors (Lipinski definition) is 2. The van der Waals surface area contributed by atoms with Gasteiger partial charge in [0.05, 0.1) is 0 Å². The topological polar surface area (TPSA) is 26.3 Å². The number of alkyl halides is 7. The van der Waals surface area contributed by atoms with E-state index >= 15 is 0 Å². The van der Waals surface area contributed by atoms with Crippen molar-refractivity contribution >= 4 is 21.9 Å². The van der Waals surface area contributed by atoms with Gasteiger partial charge in [-0.25, -0.2) is 4.79 Å². The van der Waals surface area contributed by atoms with Crippen LogP contribution in [0.3, 0.4) is 0 Å². The van der Waals surface area contributed by atoms with Crippen molar-refractivity contribution in [3.63, 3.8) is 0 Å². The fraction of sp³-hybridized carbons (Fsp3) is 0.909. The summed E-state index contributed by atoms with van der Waals surface area (Å²) in [5.41, 5.74) is -2.38. The quantitative estimate of drug-likeness (QED) is 0.401. The fourth-order valence-corrected chi connectivity index (χ4v) is 0.928. The van der Waals surface area contributed by atoms with Crippen LogP contribution in [0.25, 0.3) is 0 Å². The van der Waals surface area contributed by atoms with Crippen LogP contribution in [0.15, 0.2) is 0 Å². The highest BCUT2D eigenvalue weighted by Gasteiger charge is 2.76. The Labute approximate surface area is 121 Å². The molecule has 0 radical (unpaired) electrons. The number of ether oxygens (including phenoxy) is 1. The SMILES string of the molecule is CC(C)(C)C(C)(C)OC(=O)C(Br)(C(F)(F)F)C(F)(F)F. The minimum Gasteiger partial charge on any atom is -0.458 e. The van der Waals surface area contributed by atoms with E-state index in [0.717, 1.165) is 0 Å². The third kappa shape index (κ3) is 3.40. The summed E-state index contributed by atoms with van der Waals surface area (Å²) >= 11 is 1.49. The first-order chi connectivity index (χ1) is 8.38. The molecule has 0 amide bonds. The van der Waals surface area contributed by atoms with Crippen molar-refractivity contribution < 1.29 is 35.9 Å². The van der Waals surface area contributed by atoms with Crippen LogP contribution in [0, 0.1) is 5.41 Å². The maximum absolute atomic E-state index is 12.7. The maximum Gasteiger partial charge on any atom is 0.423 e. The molecule has 0 rings (SSSR count). The second-order valence-electron chi connectivity index (χ2n) is 5.80. The Morgan fingerprint density at radius 2 is 1.15 bits per heavy atom. The largest absolute Gasteiger partial charge is 0.458 e. The van der Waals surface area contributed by atoms with Crippen molar-refractivity contribution in [3.8, 4) is 0 Å². The smallest absolute Gasteiger partial charge is 0.423 e. The standard InChI is InChI=1S/C11H15BrF6O2/c1-7(2,3)8(4,5)20-6(19)9(12,10(13,14)15)11(16,17)18/h1-5H3. The molecule has 2 nitrogen and oxygen atoms in total.